The molecule has 86 heavy (non-hydrogen) atoms. The van der Waals surface area contributed by atoms with Crippen LogP contribution in [0.3, 0.4) is 0 Å². The van der Waals surface area contributed by atoms with E-state index in [1.807, 2.05) is 0 Å². The van der Waals surface area contributed by atoms with E-state index < -0.39 is 5.41 Å². The molecule has 0 fully saturated rings. The second kappa shape index (κ2) is 22.3. The average molecular weight is 1090 g/mol. The number of anilines is 6. The third-order valence-electron chi connectivity index (χ3n) is 18.3. The van der Waals surface area contributed by atoms with E-state index in [4.69, 9.17) is 0 Å². The molecule has 1 heterocycles. The molecule has 1 spiro atoms. The van der Waals surface area contributed by atoms with Gasteiger partial charge in [-0.15, -0.1) is 0 Å². The summed E-state index contributed by atoms with van der Waals surface area (Å²) in [5.74, 6) is 0. The van der Waals surface area contributed by atoms with E-state index in [1.165, 1.54) is 93.7 Å². The summed E-state index contributed by atoms with van der Waals surface area (Å²) < 4.78 is 0. The molecule has 0 unspecified atom stereocenters. The molecular weight excluding hydrogens is 1030 g/mol. The van der Waals surface area contributed by atoms with Gasteiger partial charge in [-0.2, -0.15) is 0 Å². The number of hydrogen-bond donors (Lipinski definition) is 0. The van der Waals surface area contributed by atoms with E-state index in [1.54, 1.807) is 0 Å². The molecule has 5 heteroatoms. The first kappa shape index (κ1) is 52.5. The Bertz CT molecular complexity index is 4100. The molecule has 0 saturated heterocycles. The van der Waals surface area contributed by atoms with Crippen molar-refractivity contribution in [3.05, 3.63) is 367 Å². The summed E-state index contributed by atoms with van der Waals surface area (Å²) in [7, 11) is 0. The number of aryl methyl sites for hydroxylation is 2. The van der Waals surface area contributed by atoms with Crippen molar-refractivity contribution in [3.8, 4) is 11.1 Å². The Labute approximate surface area is 507 Å². The van der Waals surface area contributed by atoms with Crippen LogP contribution in [0.1, 0.15) is 33.4 Å². The standard InChI is InChI=1S/C81H61B3N2/c1-58-28-27-29-59(2)80(58)84-78-52-46-64(82(60-30-11-3-12-31-60)61-32-13-4-14-33-61)54-76(78)81(77-55-65(47-53-79(77)84)83(62-34-15-5-16-35-62)63-36-17-6-18-37-63)74-56-70(85(66-38-19-7-20-39-66)67-40-21-8-22-41-67)48-50-72(74)73-51-49-71(57-75(73)81)86(68-42-23-9-24-43-68)69-44-25-10-26-45-69/h3-57H,1-2H3. The molecule has 2 aliphatic rings. The van der Waals surface area contributed by atoms with Gasteiger partial charge in [0.2, 0.25) is 20.1 Å². The van der Waals surface area contributed by atoms with Crippen molar-refractivity contribution >= 4 is 103 Å². The normalized spacial score (nSPS) is 12.4. The second-order valence-electron chi connectivity index (χ2n) is 23.2. The van der Waals surface area contributed by atoms with Crippen molar-refractivity contribution in [1.82, 2.24) is 0 Å². The van der Waals surface area contributed by atoms with Crippen molar-refractivity contribution in [1.29, 1.82) is 0 Å². The number of benzene rings is 13. The van der Waals surface area contributed by atoms with Gasteiger partial charge >= 0.3 is 0 Å². The number of para-hydroxylation sites is 4. The second-order valence-corrected chi connectivity index (χ2v) is 23.2. The third kappa shape index (κ3) is 9.02. The summed E-state index contributed by atoms with van der Waals surface area (Å²) in [5, 5.41) is 0. The zero-order valence-electron chi connectivity index (χ0n) is 48.4. The predicted octanol–water partition coefficient (Wildman–Crippen LogP) is 13.5. The zero-order chi connectivity index (χ0) is 57.6. The van der Waals surface area contributed by atoms with Crippen LogP contribution >= 0.6 is 0 Å². The number of hydrogen-bond acceptors (Lipinski definition) is 2. The maximum Gasteiger partial charge on any atom is 0.242 e. The van der Waals surface area contributed by atoms with Crippen molar-refractivity contribution in [3.63, 3.8) is 0 Å². The Balaban J connectivity index is 1.12. The highest BCUT2D eigenvalue weighted by atomic mass is 15.1. The van der Waals surface area contributed by atoms with E-state index >= 15 is 0 Å². The van der Waals surface area contributed by atoms with Crippen LogP contribution in [0.15, 0.2) is 334 Å². The van der Waals surface area contributed by atoms with Gasteiger partial charge < -0.3 is 9.80 Å². The van der Waals surface area contributed by atoms with Gasteiger partial charge in [-0.1, -0.05) is 321 Å². The molecule has 15 rings (SSSR count). The van der Waals surface area contributed by atoms with Crippen LogP contribution in [-0.2, 0) is 5.41 Å². The molecular formula is C81H61B3N2. The topological polar surface area (TPSA) is 6.48 Å². The van der Waals surface area contributed by atoms with Crippen molar-refractivity contribution in [2.24, 2.45) is 0 Å². The minimum absolute atomic E-state index is 0.0528. The van der Waals surface area contributed by atoms with Gasteiger partial charge in [0, 0.05) is 34.1 Å². The van der Waals surface area contributed by atoms with Gasteiger partial charge in [-0.05, 0) is 120 Å². The number of rotatable bonds is 13. The molecule has 0 N–H and O–H groups in total. The molecule has 0 aromatic heterocycles. The zero-order valence-corrected chi connectivity index (χ0v) is 48.4. The minimum atomic E-state index is -0.881. The predicted molar refractivity (Wildman–Crippen MR) is 369 cm³/mol. The summed E-state index contributed by atoms with van der Waals surface area (Å²) in [6, 6.07) is 125. The molecule has 13 aromatic carbocycles. The van der Waals surface area contributed by atoms with Gasteiger partial charge in [0.15, 0.2) is 0 Å². The van der Waals surface area contributed by atoms with Crippen molar-refractivity contribution in [2.75, 3.05) is 9.80 Å². The molecule has 0 amide bonds. The van der Waals surface area contributed by atoms with E-state index in [9.17, 15) is 0 Å². The fraction of sp³-hybridized carbons (Fsp3) is 0.0370. The first-order valence-electron chi connectivity index (χ1n) is 30.2. The Morgan fingerprint density at radius 2 is 0.558 bits per heavy atom. The van der Waals surface area contributed by atoms with Crippen LogP contribution in [0.5, 0.6) is 0 Å². The van der Waals surface area contributed by atoms with Gasteiger partial charge in [0.25, 0.3) is 0 Å². The number of fused-ring (bicyclic) bond motifs is 9. The van der Waals surface area contributed by atoms with Gasteiger partial charge in [-0.3, -0.25) is 0 Å². The lowest BCUT2D eigenvalue weighted by molar-refractivity contribution is 0.776. The van der Waals surface area contributed by atoms with Crippen molar-refractivity contribution < 1.29 is 0 Å². The quantitative estimate of drug-likeness (QED) is 0.106. The Morgan fingerprint density at radius 1 is 0.256 bits per heavy atom. The molecule has 0 atom stereocenters. The molecule has 1 aliphatic carbocycles. The molecule has 13 aromatic rings. The van der Waals surface area contributed by atoms with Crippen LogP contribution in [0.4, 0.5) is 34.1 Å². The Morgan fingerprint density at radius 3 is 0.872 bits per heavy atom. The molecule has 0 saturated carbocycles. The molecule has 2 nitrogen and oxygen atoms in total. The first-order valence-corrected chi connectivity index (χ1v) is 30.2. The smallest absolute Gasteiger partial charge is 0.242 e. The first-order chi connectivity index (χ1) is 42.5. The van der Waals surface area contributed by atoms with Gasteiger partial charge in [0.05, 0.1) is 5.41 Å². The van der Waals surface area contributed by atoms with Gasteiger partial charge in [0.1, 0.15) is 0 Å². The van der Waals surface area contributed by atoms with Crippen molar-refractivity contribution in [2.45, 2.75) is 19.3 Å². The number of nitrogens with zero attached hydrogens (tertiary/aromatic N) is 2. The summed E-state index contributed by atoms with van der Waals surface area (Å²) in [6.07, 6.45) is 0. The SMILES string of the molecule is Cc1cccc(C)c1B1c2ccc(B(c3ccccc3)c3ccccc3)cc2C2(c3cc(B(c4ccccc4)c4ccccc4)ccc31)c1cc(N(c3ccccc3)c3ccccc3)ccc1-c1ccc(N(c3ccccc3)c3ccccc3)cc12. The lowest BCUT2D eigenvalue weighted by Gasteiger charge is -2.44. The fourth-order valence-electron chi connectivity index (χ4n) is 14.7. The Hall–Kier alpha value is -10.3. The highest BCUT2D eigenvalue weighted by molar-refractivity contribution is 6.99. The van der Waals surface area contributed by atoms with E-state index in [2.05, 4.69) is 357 Å². The van der Waals surface area contributed by atoms with Crippen LogP contribution < -0.4 is 59.0 Å². The molecule has 0 radical (unpaired) electrons. The van der Waals surface area contributed by atoms with Crippen LogP contribution in [0.2, 0.25) is 0 Å². The summed E-state index contributed by atoms with van der Waals surface area (Å²) >= 11 is 0. The highest BCUT2D eigenvalue weighted by Gasteiger charge is 2.54. The molecule has 404 valence electrons. The van der Waals surface area contributed by atoms with Crippen LogP contribution in [0.25, 0.3) is 11.1 Å². The van der Waals surface area contributed by atoms with Crippen LogP contribution in [-0.4, -0.2) is 20.1 Å². The lowest BCUT2D eigenvalue weighted by Crippen LogP contribution is -2.64. The third-order valence-corrected chi connectivity index (χ3v) is 18.3. The highest BCUT2D eigenvalue weighted by Crippen LogP contribution is 2.59. The summed E-state index contributed by atoms with van der Waals surface area (Å²) in [6.45, 7) is 4.44. The van der Waals surface area contributed by atoms with Crippen LogP contribution in [0, 0.1) is 13.8 Å². The maximum atomic E-state index is 2.65. The van der Waals surface area contributed by atoms with E-state index in [-0.39, 0.29) is 20.1 Å². The van der Waals surface area contributed by atoms with E-state index in [0.717, 1.165) is 34.1 Å². The summed E-state index contributed by atoms with van der Waals surface area (Å²) in [4.78, 5) is 4.88. The minimum Gasteiger partial charge on any atom is -0.310 e. The average Bonchev–Trinajstić information content (AvgIpc) is 1.39. The lowest BCUT2D eigenvalue weighted by atomic mass is 9.28. The van der Waals surface area contributed by atoms with Gasteiger partial charge in [-0.25, -0.2) is 0 Å². The fourth-order valence-corrected chi connectivity index (χ4v) is 14.7. The monoisotopic (exact) mass is 1090 g/mol. The molecule has 0 bridgehead atoms. The van der Waals surface area contributed by atoms with E-state index in [0.29, 0.717) is 0 Å². The molecule has 1 aliphatic heterocycles. The largest absolute Gasteiger partial charge is 0.310 e. The Kier molecular flexibility index (Phi) is 13.6. The maximum absolute atomic E-state index is 2.65. The summed E-state index contributed by atoms with van der Waals surface area (Å²) in [5.41, 5.74) is 27.3.